The van der Waals surface area contributed by atoms with Gasteiger partial charge in [0.05, 0.1) is 0 Å². The van der Waals surface area contributed by atoms with E-state index in [0.29, 0.717) is 39.0 Å². The van der Waals surface area contributed by atoms with Crippen LogP contribution in [0.25, 0.3) is 0 Å². The fraction of sp³-hybridized carbons (Fsp3) is 0.857. The lowest BCUT2D eigenvalue weighted by Gasteiger charge is -2.41. The molecule has 1 heterocycles. The molecule has 7 nitrogen and oxygen atoms in total. The minimum absolute atomic E-state index is 0.211. The molecule has 0 aromatic heterocycles. The van der Waals surface area contributed by atoms with Gasteiger partial charge in [0.15, 0.2) is 0 Å². The highest BCUT2D eigenvalue weighted by molar-refractivity contribution is 5.86. The molecule has 1 fully saturated rings. The minimum Gasteiger partial charge on any atom is -0.444 e. The van der Waals surface area contributed by atoms with Gasteiger partial charge in [-0.1, -0.05) is 5.16 Å². The van der Waals surface area contributed by atoms with Gasteiger partial charge in [0.1, 0.15) is 11.4 Å². The van der Waals surface area contributed by atoms with Crippen LogP contribution < -0.4 is 5.73 Å². The fourth-order valence-electron chi connectivity index (χ4n) is 2.48. The van der Waals surface area contributed by atoms with Gasteiger partial charge in [0.2, 0.25) is 0 Å². The predicted molar refractivity (Wildman–Crippen MR) is 79.4 cm³/mol. The minimum atomic E-state index is -0.507. The maximum atomic E-state index is 12.0. The van der Waals surface area contributed by atoms with E-state index in [1.165, 1.54) is 0 Å². The highest BCUT2D eigenvalue weighted by Crippen LogP contribution is 2.35. The highest BCUT2D eigenvalue weighted by atomic mass is 16.6. The third-order valence-corrected chi connectivity index (χ3v) is 3.81. The van der Waals surface area contributed by atoms with Gasteiger partial charge in [0, 0.05) is 32.2 Å². The monoisotopic (exact) mass is 301 g/mol. The van der Waals surface area contributed by atoms with Crippen LogP contribution >= 0.6 is 0 Å². The molecular weight excluding hydrogens is 274 g/mol. The van der Waals surface area contributed by atoms with Crippen molar-refractivity contribution in [1.82, 2.24) is 4.90 Å². The average molecular weight is 301 g/mol. The Balaban J connectivity index is 2.68. The molecular formula is C14H27N3O4. The third kappa shape index (κ3) is 4.77. The molecule has 1 amide bonds. The number of hydrogen-bond donors (Lipinski definition) is 2. The molecule has 7 heteroatoms. The van der Waals surface area contributed by atoms with Gasteiger partial charge < -0.3 is 25.3 Å². The molecule has 0 aliphatic carbocycles. The molecule has 0 bridgehead atoms. The summed E-state index contributed by atoms with van der Waals surface area (Å²) in [5, 5.41) is 12.2. The normalized spacial score (nSPS) is 19.4. The summed E-state index contributed by atoms with van der Waals surface area (Å²) in [6.07, 6.45) is 1.61. The Morgan fingerprint density at radius 3 is 2.38 bits per heavy atom. The summed E-state index contributed by atoms with van der Waals surface area (Å²) in [7, 11) is 1.62. The number of rotatable bonds is 4. The zero-order valence-corrected chi connectivity index (χ0v) is 13.4. The lowest BCUT2D eigenvalue weighted by Crippen LogP contribution is -2.50. The van der Waals surface area contributed by atoms with Crippen molar-refractivity contribution in [3.8, 4) is 0 Å². The molecule has 3 N–H and O–H groups in total. The van der Waals surface area contributed by atoms with Crippen molar-refractivity contribution < 1.29 is 19.5 Å². The van der Waals surface area contributed by atoms with E-state index in [4.69, 9.17) is 20.4 Å². The predicted octanol–water partition coefficient (Wildman–Crippen LogP) is 1.79. The molecule has 1 saturated heterocycles. The zero-order chi connectivity index (χ0) is 16.1. The van der Waals surface area contributed by atoms with Gasteiger partial charge in [-0.25, -0.2) is 4.79 Å². The number of carbonyl (C=O) groups excluding carboxylic acids is 1. The number of likely N-dealkylation sites (tertiary alicyclic amines) is 1. The van der Waals surface area contributed by atoms with E-state index in [0.717, 1.165) is 0 Å². The van der Waals surface area contributed by atoms with Crippen molar-refractivity contribution in [2.75, 3.05) is 26.8 Å². The standard InChI is InChI=1S/C14H27N3O4/c1-13(2,3)21-12(18)17-8-5-14(6-9-17,7-10-20-4)11(15)16-19/h19H,5-10H2,1-4H3,(H2,15,16). The van der Waals surface area contributed by atoms with E-state index in [-0.39, 0.29) is 11.9 Å². The van der Waals surface area contributed by atoms with Gasteiger partial charge in [-0.3, -0.25) is 0 Å². The largest absolute Gasteiger partial charge is 0.444 e. The number of amides is 1. The molecule has 0 radical (unpaired) electrons. The Morgan fingerprint density at radius 1 is 1.38 bits per heavy atom. The number of ether oxygens (including phenoxy) is 2. The number of hydrogen-bond acceptors (Lipinski definition) is 5. The van der Waals surface area contributed by atoms with E-state index in [2.05, 4.69) is 5.16 Å². The van der Waals surface area contributed by atoms with Crippen LogP contribution in [0.2, 0.25) is 0 Å². The van der Waals surface area contributed by atoms with Crippen molar-refractivity contribution in [1.29, 1.82) is 0 Å². The van der Waals surface area contributed by atoms with Crippen molar-refractivity contribution in [2.24, 2.45) is 16.3 Å². The number of methoxy groups -OCH3 is 1. The molecule has 1 rings (SSSR count). The number of nitrogens with two attached hydrogens (primary N) is 1. The number of oxime groups is 1. The molecule has 0 unspecified atom stereocenters. The Hall–Kier alpha value is -1.50. The Kier molecular flexibility index (Phi) is 5.83. The summed E-state index contributed by atoms with van der Waals surface area (Å²) < 4.78 is 10.5. The van der Waals surface area contributed by atoms with Gasteiger partial charge in [0.25, 0.3) is 0 Å². The molecule has 1 aliphatic heterocycles. The van der Waals surface area contributed by atoms with E-state index in [9.17, 15) is 4.79 Å². The second-order valence-electron chi connectivity index (χ2n) is 6.48. The highest BCUT2D eigenvalue weighted by Gasteiger charge is 2.40. The number of piperidine rings is 1. The van der Waals surface area contributed by atoms with Crippen LogP contribution in [0, 0.1) is 5.41 Å². The van der Waals surface area contributed by atoms with Crippen LogP contribution in [0.3, 0.4) is 0 Å². The summed E-state index contributed by atoms with van der Waals surface area (Å²) in [5.41, 5.74) is 4.94. The molecule has 0 saturated carbocycles. The molecule has 122 valence electrons. The Bertz CT molecular complexity index is 382. The zero-order valence-electron chi connectivity index (χ0n) is 13.4. The summed E-state index contributed by atoms with van der Waals surface area (Å²) in [6.45, 7) is 7.10. The summed E-state index contributed by atoms with van der Waals surface area (Å²) >= 11 is 0. The van der Waals surface area contributed by atoms with Gasteiger partial charge in [-0.15, -0.1) is 0 Å². The van der Waals surface area contributed by atoms with Crippen LogP contribution in [0.4, 0.5) is 4.79 Å². The second-order valence-corrected chi connectivity index (χ2v) is 6.48. The number of carbonyl (C=O) groups is 1. The van der Waals surface area contributed by atoms with Crippen molar-refractivity contribution in [3.63, 3.8) is 0 Å². The second kappa shape index (κ2) is 6.98. The summed E-state index contributed by atoms with van der Waals surface area (Å²) in [6, 6.07) is 0. The fourth-order valence-corrected chi connectivity index (χ4v) is 2.48. The van der Waals surface area contributed by atoms with Gasteiger partial charge in [-0.05, 0) is 40.0 Å². The molecule has 0 aromatic carbocycles. The van der Waals surface area contributed by atoms with Crippen LogP contribution in [0.15, 0.2) is 5.16 Å². The maximum absolute atomic E-state index is 12.0. The summed E-state index contributed by atoms with van der Waals surface area (Å²) in [4.78, 5) is 13.7. The van der Waals surface area contributed by atoms with Crippen LogP contribution in [0.1, 0.15) is 40.0 Å². The van der Waals surface area contributed by atoms with E-state index < -0.39 is 11.0 Å². The summed E-state index contributed by atoms with van der Waals surface area (Å²) in [5.74, 6) is 0.211. The first kappa shape index (κ1) is 17.6. The first-order valence-electron chi connectivity index (χ1n) is 7.19. The molecule has 0 aromatic rings. The third-order valence-electron chi connectivity index (χ3n) is 3.81. The van der Waals surface area contributed by atoms with Crippen molar-refractivity contribution >= 4 is 11.9 Å². The Morgan fingerprint density at radius 2 is 1.95 bits per heavy atom. The molecule has 21 heavy (non-hydrogen) atoms. The van der Waals surface area contributed by atoms with Gasteiger partial charge in [-0.2, -0.15) is 0 Å². The van der Waals surface area contributed by atoms with E-state index >= 15 is 0 Å². The van der Waals surface area contributed by atoms with Crippen LogP contribution in [0.5, 0.6) is 0 Å². The van der Waals surface area contributed by atoms with Crippen LogP contribution in [-0.4, -0.2) is 54.4 Å². The lowest BCUT2D eigenvalue weighted by molar-refractivity contribution is 0.0132. The first-order chi connectivity index (χ1) is 9.74. The van der Waals surface area contributed by atoms with Crippen LogP contribution in [-0.2, 0) is 9.47 Å². The van der Waals surface area contributed by atoms with Crippen molar-refractivity contribution in [3.05, 3.63) is 0 Å². The molecule has 0 spiro atoms. The smallest absolute Gasteiger partial charge is 0.410 e. The Labute approximate surface area is 126 Å². The number of amidine groups is 1. The quantitative estimate of drug-likeness (QED) is 0.357. The first-order valence-corrected chi connectivity index (χ1v) is 7.19. The van der Waals surface area contributed by atoms with Crippen molar-refractivity contribution in [2.45, 2.75) is 45.6 Å². The molecule has 0 atom stereocenters. The van der Waals surface area contributed by atoms with Gasteiger partial charge >= 0.3 is 6.09 Å². The lowest BCUT2D eigenvalue weighted by atomic mass is 9.75. The number of nitrogens with zero attached hydrogens (tertiary/aromatic N) is 2. The SMILES string of the molecule is COCCC1(/C(N)=N\O)CCN(C(=O)OC(C)(C)C)CC1. The average Bonchev–Trinajstić information content (AvgIpc) is 2.42. The van der Waals surface area contributed by atoms with E-state index in [1.807, 2.05) is 20.8 Å². The maximum Gasteiger partial charge on any atom is 0.410 e. The topological polar surface area (TPSA) is 97.4 Å². The molecule has 1 aliphatic rings. The van der Waals surface area contributed by atoms with E-state index in [1.54, 1.807) is 12.0 Å².